The number of carbonyl (C=O) groups is 1. The number of carboxylic acid groups (broad SMARTS) is 1. The van der Waals surface area contributed by atoms with Crippen molar-refractivity contribution in [2.75, 3.05) is 0 Å². The molecule has 1 aromatic rings. The van der Waals surface area contributed by atoms with Crippen molar-refractivity contribution in [1.82, 2.24) is 4.57 Å². The number of aryl methyl sites for hydroxylation is 1. The zero-order valence-corrected chi connectivity index (χ0v) is 9.37. The molecule has 17 heavy (non-hydrogen) atoms. The summed E-state index contributed by atoms with van der Waals surface area (Å²) >= 11 is 0. The van der Waals surface area contributed by atoms with Crippen LogP contribution in [0.5, 0.6) is 0 Å². The van der Waals surface area contributed by atoms with Crippen LogP contribution in [0.15, 0.2) is 48.2 Å². The molecule has 4 heteroatoms. The van der Waals surface area contributed by atoms with Gasteiger partial charge in [-0.3, -0.25) is 0 Å². The Balaban J connectivity index is 2.63. The van der Waals surface area contributed by atoms with Crippen LogP contribution in [-0.4, -0.2) is 15.6 Å². The monoisotopic (exact) mass is 228 g/mol. The number of hydrogen-bond acceptors (Lipinski definition) is 2. The highest BCUT2D eigenvalue weighted by molar-refractivity contribution is 5.91. The summed E-state index contributed by atoms with van der Waals surface area (Å²) in [5, 5.41) is 17.1. The van der Waals surface area contributed by atoms with Gasteiger partial charge in [-0.15, -0.1) is 0 Å². The Morgan fingerprint density at radius 2 is 2.24 bits per heavy atom. The number of rotatable bonds is 4. The standard InChI is InChI=1S/C13H12N2O2/c1-15-9-5-8-12(15)7-4-2-3-6-11(10-14)13(16)17/h2-9H,1H3,(H,16,17)/b3-2+,7-4+,11-6+. The summed E-state index contributed by atoms with van der Waals surface area (Å²) in [5.74, 6) is -1.22. The van der Waals surface area contributed by atoms with Crippen LogP contribution in [0.25, 0.3) is 6.08 Å². The molecule has 0 saturated carbocycles. The third-order valence-corrected chi connectivity index (χ3v) is 2.09. The van der Waals surface area contributed by atoms with Crippen LogP contribution in [-0.2, 0) is 11.8 Å². The zero-order valence-electron chi connectivity index (χ0n) is 9.37. The summed E-state index contributed by atoms with van der Waals surface area (Å²) in [6.45, 7) is 0. The van der Waals surface area contributed by atoms with Gasteiger partial charge >= 0.3 is 5.97 Å². The maximum Gasteiger partial charge on any atom is 0.346 e. The molecule has 1 aromatic heterocycles. The fourth-order valence-corrected chi connectivity index (χ4v) is 1.17. The highest BCUT2D eigenvalue weighted by Crippen LogP contribution is 2.02. The molecule has 1 rings (SSSR count). The Hall–Kier alpha value is -2.54. The number of hydrogen-bond donors (Lipinski definition) is 1. The lowest BCUT2D eigenvalue weighted by Crippen LogP contribution is -1.96. The highest BCUT2D eigenvalue weighted by Gasteiger charge is 2.01. The Morgan fingerprint density at radius 3 is 2.76 bits per heavy atom. The molecule has 0 spiro atoms. The zero-order chi connectivity index (χ0) is 12.7. The molecular weight excluding hydrogens is 216 g/mol. The van der Waals surface area contributed by atoms with E-state index in [4.69, 9.17) is 10.4 Å². The maximum atomic E-state index is 10.5. The number of carboxylic acids is 1. The largest absolute Gasteiger partial charge is 0.477 e. The van der Waals surface area contributed by atoms with E-state index < -0.39 is 5.97 Å². The second kappa shape index (κ2) is 6.13. The minimum Gasteiger partial charge on any atom is -0.477 e. The van der Waals surface area contributed by atoms with Crippen LogP contribution >= 0.6 is 0 Å². The summed E-state index contributed by atoms with van der Waals surface area (Å²) in [4.78, 5) is 10.5. The van der Waals surface area contributed by atoms with Gasteiger partial charge in [0, 0.05) is 18.9 Å². The van der Waals surface area contributed by atoms with Crippen LogP contribution in [0.4, 0.5) is 0 Å². The van der Waals surface area contributed by atoms with Crippen molar-refractivity contribution in [2.24, 2.45) is 7.05 Å². The average Bonchev–Trinajstić information content (AvgIpc) is 2.69. The molecule has 1 N–H and O–H groups in total. The lowest BCUT2D eigenvalue weighted by Gasteiger charge is -1.93. The van der Waals surface area contributed by atoms with E-state index in [0.717, 1.165) is 5.69 Å². The topological polar surface area (TPSA) is 66.0 Å². The van der Waals surface area contributed by atoms with Crippen LogP contribution in [0.1, 0.15) is 5.69 Å². The summed E-state index contributed by atoms with van der Waals surface area (Å²) < 4.78 is 1.96. The van der Waals surface area contributed by atoms with Gasteiger partial charge in [0.2, 0.25) is 0 Å². The van der Waals surface area contributed by atoms with Crippen LogP contribution in [0.2, 0.25) is 0 Å². The van der Waals surface area contributed by atoms with Crippen molar-refractivity contribution in [3.05, 3.63) is 53.9 Å². The third-order valence-electron chi connectivity index (χ3n) is 2.09. The van der Waals surface area contributed by atoms with Gasteiger partial charge < -0.3 is 9.67 Å². The molecule has 0 aliphatic carbocycles. The van der Waals surface area contributed by atoms with Crippen LogP contribution in [0, 0.1) is 11.3 Å². The predicted octanol–water partition coefficient (Wildman–Crippen LogP) is 2.13. The first kappa shape index (κ1) is 12.5. The van der Waals surface area contributed by atoms with Gasteiger partial charge in [-0.2, -0.15) is 5.26 Å². The van der Waals surface area contributed by atoms with Crippen molar-refractivity contribution in [2.45, 2.75) is 0 Å². The minimum absolute atomic E-state index is 0.284. The summed E-state index contributed by atoms with van der Waals surface area (Å²) in [7, 11) is 1.93. The predicted molar refractivity (Wildman–Crippen MR) is 64.9 cm³/mol. The molecule has 4 nitrogen and oxygen atoms in total. The Bertz CT molecular complexity index is 528. The average molecular weight is 228 g/mol. The summed E-state index contributed by atoms with van der Waals surface area (Å²) in [5.41, 5.74) is 0.755. The van der Waals surface area contributed by atoms with E-state index in [0.29, 0.717) is 0 Å². The lowest BCUT2D eigenvalue weighted by atomic mass is 10.2. The van der Waals surface area contributed by atoms with Crippen molar-refractivity contribution < 1.29 is 9.90 Å². The van der Waals surface area contributed by atoms with Crippen molar-refractivity contribution in [1.29, 1.82) is 5.26 Å². The molecule has 0 bridgehead atoms. The Kier molecular flexibility index (Phi) is 4.52. The van der Waals surface area contributed by atoms with E-state index in [-0.39, 0.29) is 5.57 Å². The third kappa shape index (κ3) is 3.84. The first-order valence-corrected chi connectivity index (χ1v) is 4.95. The van der Waals surface area contributed by atoms with Gasteiger partial charge in [-0.25, -0.2) is 4.79 Å². The number of nitriles is 1. The highest BCUT2D eigenvalue weighted by atomic mass is 16.4. The van der Waals surface area contributed by atoms with Gasteiger partial charge in [0.25, 0.3) is 0 Å². The van der Waals surface area contributed by atoms with Gasteiger partial charge in [-0.1, -0.05) is 18.2 Å². The van der Waals surface area contributed by atoms with Gasteiger partial charge in [0.1, 0.15) is 11.6 Å². The molecule has 0 aromatic carbocycles. The first-order chi connectivity index (χ1) is 8.15. The lowest BCUT2D eigenvalue weighted by molar-refractivity contribution is -0.132. The summed E-state index contributed by atoms with van der Waals surface area (Å²) in [6, 6.07) is 5.49. The van der Waals surface area contributed by atoms with Gasteiger partial charge in [0.15, 0.2) is 0 Å². The van der Waals surface area contributed by atoms with E-state index in [1.54, 1.807) is 18.2 Å². The van der Waals surface area contributed by atoms with E-state index in [9.17, 15) is 4.79 Å². The van der Waals surface area contributed by atoms with Crippen molar-refractivity contribution in [3.63, 3.8) is 0 Å². The Labute approximate surface area is 99.4 Å². The van der Waals surface area contributed by atoms with E-state index in [2.05, 4.69) is 0 Å². The molecule has 0 atom stereocenters. The molecule has 0 fully saturated rings. The quantitative estimate of drug-likeness (QED) is 0.487. The van der Waals surface area contributed by atoms with Crippen LogP contribution < -0.4 is 0 Å². The first-order valence-electron chi connectivity index (χ1n) is 4.95. The van der Waals surface area contributed by atoms with Crippen LogP contribution in [0.3, 0.4) is 0 Å². The SMILES string of the molecule is Cn1cccc1/C=C/C=C/C=C(\C#N)C(=O)O. The minimum atomic E-state index is -1.22. The number of aromatic nitrogens is 1. The number of allylic oxidation sites excluding steroid dienone is 4. The summed E-state index contributed by atoms with van der Waals surface area (Å²) in [6.07, 6.45) is 10.1. The molecule has 86 valence electrons. The van der Waals surface area contributed by atoms with Crippen molar-refractivity contribution >= 4 is 12.0 Å². The fourth-order valence-electron chi connectivity index (χ4n) is 1.17. The molecule has 0 unspecified atom stereocenters. The van der Waals surface area contributed by atoms with E-state index in [1.807, 2.05) is 36.0 Å². The van der Waals surface area contributed by atoms with E-state index in [1.165, 1.54) is 12.2 Å². The normalized spacial score (nSPS) is 12.1. The fraction of sp³-hybridized carbons (Fsp3) is 0.0769. The van der Waals surface area contributed by atoms with Gasteiger partial charge in [-0.05, 0) is 24.3 Å². The molecule has 0 aliphatic rings. The molecule has 0 amide bonds. The molecular formula is C13H12N2O2. The smallest absolute Gasteiger partial charge is 0.346 e. The molecule has 1 heterocycles. The Morgan fingerprint density at radius 1 is 1.47 bits per heavy atom. The van der Waals surface area contributed by atoms with E-state index >= 15 is 0 Å². The molecule has 0 radical (unpaired) electrons. The number of nitrogens with zero attached hydrogens (tertiary/aromatic N) is 2. The molecule has 0 aliphatic heterocycles. The van der Waals surface area contributed by atoms with Crippen molar-refractivity contribution in [3.8, 4) is 6.07 Å². The maximum absolute atomic E-state index is 10.5. The second-order valence-corrected chi connectivity index (χ2v) is 3.29. The number of aliphatic carboxylic acids is 1. The van der Waals surface area contributed by atoms with Gasteiger partial charge in [0.05, 0.1) is 0 Å². The molecule has 0 saturated heterocycles. The second-order valence-electron chi connectivity index (χ2n) is 3.29.